The fourth-order valence-corrected chi connectivity index (χ4v) is 4.86. The number of likely N-dealkylation sites (tertiary alicyclic amines) is 1. The van der Waals surface area contributed by atoms with Crippen molar-refractivity contribution in [3.05, 3.63) is 77.1 Å². The molecule has 1 aromatic carbocycles. The predicted octanol–water partition coefficient (Wildman–Crippen LogP) is 2.90. The van der Waals surface area contributed by atoms with Crippen LogP contribution in [0.25, 0.3) is 0 Å². The number of carbonyl (C=O) groups excluding carboxylic acids is 2. The van der Waals surface area contributed by atoms with Crippen LogP contribution < -0.4 is 4.90 Å². The number of amides is 2. The Labute approximate surface area is 192 Å². The number of nitriles is 1. The van der Waals surface area contributed by atoms with E-state index in [9.17, 15) is 14.9 Å². The average Bonchev–Trinajstić information content (AvgIpc) is 3.28. The van der Waals surface area contributed by atoms with Crippen molar-refractivity contribution in [2.75, 3.05) is 18.0 Å². The van der Waals surface area contributed by atoms with Gasteiger partial charge in [0.05, 0.1) is 29.1 Å². The highest BCUT2D eigenvalue weighted by molar-refractivity contribution is 6.12. The number of pyridine rings is 1. The molecule has 2 amide bonds. The molecule has 3 aromatic rings. The summed E-state index contributed by atoms with van der Waals surface area (Å²) in [6, 6.07) is 9.37. The lowest BCUT2D eigenvalue weighted by atomic mass is 9.91. The quantitative estimate of drug-likeness (QED) is 0.622. The van der Waals surface area contributed by atoms with Crippen molar-refractivity contribution in [3.8, 4) is 6.07 Å². The fourth-order valence-electron chi connectivity index (χ4n) is 4.86. The first-order valence-corrected chi connectivity index (χ1v) is 10.9. The maximum atomic E-state index is 13.2. The topological polar surface area (TPSA) is 95.1 Å². The molecule has 0 saturated carbocycles. The van der Waals surface area contributed by atoms with Gasteiger partial charge in [-0.25, -0.2) is 4.98 Å². The Bertz CT molecular complexity index is 1310. The molecule has 0 N–H and O–H groups in total. The van der Waals surface area contributed by atoms with Gasteiger partial charge in [-0.3, -0.25) is 19.5 Å². The van der Waals surface area contributed by atoms with Crippen LogP contribution in [0.15, 0.2) is 49.1 Å². The van der Waals surface area contributed by atoms with Gasteiger partial charge in [0.2, 0.25) is 0 Å². The second-order valence-electron chi connectivity index (χ2n) is 9.27. The molecule has 8 nitrogen and oxygen atoms in total. The predicted molar refractivity (Wildman–Crippen MR) is 122 cm³/mol. The minimum Gasteiger partial charge on any atom is -0.335 e. The molecular weight excluding hydrogens is 416 g/mol. The number of hydrogen-bond donors (Lipinski definition) is 0. The van der Waals surface area contributed by atoms with E-state index in [2.05, 4.69) is 16.0 Å². The van der Waals surface area contributed by atoms with Crippen molar-refractivity contribution in [3.63, 3.8) is 0 Å². The number of anilines is 1. The monoisotopic (exact) mass is 440 g/mol. The molecule has 0 radical (unpaired) electrons. The van der Waals surface area contributed by atoms with Crippen molar-refractivity contribution in [2.24, 2.45) is 13.0 Å². The number of nitrogens with zero attached hydrogens (tertiary/aromatic N) is 6. The molecule has 5 rings (SSSR count). The van der Waals surface area contributed by atoms with Crippen LogP contribution in [0.3, 0.4) is 0 Å². The van der Waals surface area contributed by atoms with Crippen LogP contribution in [0.1, 0.15) is 51.5 Å². The summed E-state index contributed by atoms with van der Waals surface area (Å²) in [6.45, 7) is 5.31. The maximum Gasteiger partial charge on any atom is 0.289 e. The van der Waals surface area contributed by atoms with Crippen LogP contribution in [0, 0.1) is 17.2 Å². The van der Waals surface area contributed by atoms with Crippen molar-refractivity contribution in [2.45, 2.75) is 25.8 Å². The number of benzene rings is 1. The van der Waals surface area contributed by atoms with Gasteiger partial charge in [-0.15, -0.1) is 0 Å². The molecule has 0 atom stereocenters. The Balaban J connectivity index is 1.31. The molecule has 0 aliphatic carbocycles. The molecule has 2 aromatic heterocycles. The number of fused-ring (bicyclic) bond motifs is 1. The van der Waals surface area contributed by atoms with Gasteiger partial charge >= 0.3 is 0 Å². The molecule has 8 heteroatoms. The van der Waals surface area contributed by atoms with E-state index in [1.807, 2.05) is 33.2 Å². The summed E-state index contributed by atoms with van der Waals surface area (Å²) < 4.78 is 1.73. The minimum atomic E-state index is -0.596. The molecule has 0 bridgehead atoms. The summed E-state index contributed by atoms with van der Waals surface area (Å²) in [7, 11) is 1.81. The number of hydrogen-bond acceptors (Lipinski definition) is 5. The van der Waals surface area contributed by atoms with E-state index in [0.717, 1.165) is 23.2 Å². The first-order chi connectivity index (χ1) is 15.8. The van der Waals surface area contributed by atoms with Crippen molar-refractivity contribution in [1.82, 2.24) is 19.4 Å². The van der Waals surface area contributed by atoms with Gasteiger partial charge in [0.1, 0.15) is 0 Å². The number of imidazole rings is 1. The normalized spacial score (nSPS) is 17.0. The van der Waals surface area contributed by atoms with Crippen LogP contribution in [-0.4, -0.2) is 44.3 Å². The highest BCUT2D eigenvalue weighted by atomic mass is 16.2. The van der Waals surface area contributed by atoms with Gasteiger partial charge in [0.15, 0.2) is 5.82 Å². The van der Waals surface area contributed by atoms with Gasteiger partial charge in [0, 0.05) is 44.3 Å². The Morgan fingerprint density at radius 3 is 2.73 bits per heavy atom. The third-order valence-electron chi connectivity index (χ3n) is 6.62. The summed E-state index contributed by atoms with van der Waals surface area (Å²) in [6.07, 6.45) is 7.70. The lowest BCUT2D eigenvalue weighted by Gasteiger charge is -2.39. The van der Waals surface area contributed by atoms with E-state index in [1.54, 1.807) is 51.2 Å². The third kappa shape index (κ3) is 3.37. The molecule has 0 spiro atoms. The molecule has 4 heterocycles. The fraction of sp³-hybridized carbons (Fsp3) is 0.320. The Kier molecular flexibility index (Phi) is 4.78. The molecular formula is C25H24N6O2. The summed E-state index contributed by atoms with van der Waals surface area (Å²) in [4.78, 5) is 37.9. The zero-order chi connectivity index (χ0) is 23.3. The molecule has 2 aliphatic rings. The minimum absolute atomic E-state index is 0.0514. The van der Waals surface area contributed by atoms with Gasteiger partial charge < -0.3 is 9.47 Å². The van der Waals surface area contributed by atoms with E-state index >= 15 is 0 Å². The Morgan fingerprint density at radius 1 is 1.24 bits per heavy atom. The van der Waals surface area contributed by atoms with Crippen LogP contribution in [0.4, 0.5) is 5.69 Å². The Morgan fingerprint density at radius 2 is 2.03 bits per heavy atom. The van der Waals surface area contributed by atoms with Crippen LogP contribution in [0.5, 0.6) is 0 Å². The highest BCUT2D eigenvalue weighted by Crippen LogP contribution is 2.42. The average molecular weight is 441 g/mol. The van der Waals surface area contributed by atoms with Gasteiger partial charge in [0.25, 0.3) is 11.8 Å². The SMILES string of the molecule is Cn1ccnc1C(=O)N1CC(Cc2cncc(N3C(=O)c4ccc(C#N)cc4C3(C)C)c2)C1. The molecule has 0 unspecified atom stereocenters. The van der Waals surface area contributed by atoms with Gasteiger partial charge in [-0.2, -0.15) is 5.26 Å². The van der Waals surface area contributed by atoms with E-state index in [0.29, 0.717) is 36.0 Å². The first kappa shape index (κ1) is 20.9. The summed E-state index contributed by atoms with van der Waals surface area (Å²) in [5, 5.41) is 9.27. The first-order valence-electron chi connectivity index (χ1n) is 10.9. The van der Waals surface area contributed by atoms with Crippen LogP contribution in [0.2, 0.25) is 0 Å². The number of aromatic nitrogens is 3. The lowest BCUT2D eigenvalue weighted by Crippen LogP contribution is -2.51. The lowest BCUT2D eigenvalue weighted by molar-refractivity contribution is 0.0484. The summed E-state index contributed by atoms with van der Waals surface area (Å²) in [5.41, 5.74) is 3.17. The summed E-state index contributed by atoms with van der Waals surface area (Å²) >= 11 is 0. The molecule has 33 heavy (non-hydrogen) atoms. The maximum absolute atomic E-state index is 13.2. The van der Waals surface area contributed by atoms with E-state index in [-0.39, 0.29) is 11.8 Å². The number of rotatable bonds is 4. The summed E-state index contributed by atoms with van der Waals surface area (Å²) in [5.74, 6) is 0.647. The van der Waals surface area contributed by atoms with E-state index < -0.39 is 5.54 Å². The highest BCUT2D eigenvalue weighted by Gasteiger charge is 2.44. The van der Waals surface area contributed by atoms with Crippen molar-refractivity contribution in [1.29, 1.82) is 5.26 Å². The second-order valence-corrected chi connectivity index (χ2v) is 9.27. The standard InChI is InChI=1S/C25H24N6O2/c1-25(2)21-10-16(11-26)4-5-20(21)23(32)31(25)19-9-17(12-27-13-19)8-18-14-30(15-18)24(33)22-28-6-7-29(22)3/h4-7,9-10,12-13,18H,8,14-15H2,1-3H3. The van der Waals surface area contributed by atoms with Crippen molar-refractivity contribution >= 4 is 17.5 Å². The zero-order valence-electron chi connectivity index (χ0n) is 18.8. The Hall–Kier alpha value is -3.99. The number of carbonyl (C=O) groups is 2. The molecule has 1 fully saturated rings. The number of aryl methyl sites for hydroxylation is 1. The second kappa shape index (κ2) is 7.55. The van der Waals surface area contributed by atoms with Gasteiger partial charge in [-0.05, 0) is 61.6 Å². The van der Waals surface area contributed by atoms with E-state index in [1.165, 1.54) is 0 Å². The molecule has 1 saturated heterocycles. The van der Waals surface area contributed by atoms with Gasteiger partial charge in [-0.1, -0.05) is 0 Å². The largest absolute Gasteiger partial charge is 0.335 e. The third-order valence-corrected chi connectivity index (χ3v) is 6.62. The van der Waals surface area contributed by atoms with E-state index in [4.69, 9.17) is 0 Å². The molecule has 166 valence electrons. The molecule has 2 aliphatic heterocycles. The van der Waals surface area contributed by atoms with Crippen LogP contribution >= 0.6 is 0 Å². The van der Waals surface area contributed by atoms with Crippen LogP contribution in [-0.2, 0) is 19.0 Å². The van der Waals surface area contributed by atoms with Crippen molar-refractivity contribution < 1.29 is 9.59 Å². The smallest absolute Gasteiger partial charge is 0.289 e. The zero-order valence-corrected chi connectivity index (χ0v) is 18.8.